The van der Waals surface area contributed by atoms with Crippen LogP contribution in [0.25, 0.3) is 10.2 Å². The average molecular weight is 193 g/mol. The first-order valence-corrected chi connectivity index (χ1v) is 5.21. The van der Waals surface area contributed by atoms with Crippen molar-refractivity contribution in [3.8, 4) is 0 Å². The molecule has 2 aromatic heterocycles. The van der Waals surface area contributed by atoms with E-state index in [2.05, 4.69) is 4.98 Å². The lowest BCUT2D eigenvalue weighted by atomic mass is 10.1. The number of aromatic amines is 1. The standard InChI is InChI=1S/C10H11NOS/c1-3-7-6(2)11-8-4-5-13-10(8)9(7)12/h4-5H,3H2,1-2H3,(H,11,12). The first kappa shape index (κ1) is 8.51. The third-order valence-corrected chi connectivity index (χ3v) is 3.19. The van der Waals surface area contributed by atoms with Crippen LogP contribution < -0.4 is 5.43 Å². The fourth-order valence-corrected chi connectivity index (χ4v) is 2.41. The molecule has 0 aliphatic rings. The van der Waals surface area contributed by atoms with E-state index in [9.17, 15) is 4.79 Å². The number of H-pyrrole nitrogens is 1. The van der Waals surface area contributed by atoms with Crippen molar-refractivity contribution in [1.29, 1.82) is 0 Å². The SMILES string of the molecule is CCc1c(C)[nH]c2ccsc2c1=O. The fraction of sp³-hybridized carbons (Fsp3) is 0.300. The Kier molecular flexibility index (Phi) is 1.96. The molecule has 2 aromatic rings. The lowest BCUT2D eigenvalue weighted by Crippen LogP contribution is -2.10. The van der Waals surface area contributed by atoms with E-state index < -0.39 is 0 Å². The van der Waals surface area contributed by atoms with Crippen molar-refractivity contribution in [3.63, 3.8) is 0 Å². The van der Waals surface area contributed by atoms with Crippen molar-refractivity contribution in [2.75, 3.05) is 0 Å². The number of aromatic nitrogens is 1. The molecule has 0 aromatic carbocycles. The molecule has 2 nitrogen and oxygen atoms in total. The molecule has 0 aliphatic carbocycles. The zero-order valence-corrected chi connectivity index (χ0v) is 8.49. The summed E-state index contributed by atoms with van der Waals surface area (Å²) in [5.41, 5.74) is 3.07. The molecular formula is C10H11NOS. The van der Waals surface area contributed by atoms with Crippen LogP contribution in [0.2, 0.25) is 0 Å². The summed E-state index contributed by atoms with van der Waals surface area (Å²) in [6, 6.07) is 1.95. The number of rotatable bonds is 1. The number of fused-ring (bicyclic) bond motifs is 1. The topological polar surface area (TPSA) is 32.9 Å². The molecule has 0 bridgehead atoms. The maximum atomic E-state index is 11.8. The average Bonchev–Trinajstić information content (AvgIpc) is 2.53. The highest BCUT2D eigenvalue weighted by molar-refractivity contribution is 7.17. The van der Waals surface area contributed by atoms with Crippen molar-refractivity contribution in [2.45, 2.75) is 20.3 Å². The van der Waals surface area contributed by atoms with Gasteiger partial charge in [-0.1, -0.05) is 6.92 Å². The van der Waals surface area contributed by atoms with Crippen LogP contribution in [-0.4, -0.2) is 4.98 Å². The number of aryl methyl sites for hydroxylation is 1. The van der Waals surface area contributed by atoms with Gasteiger partial charge in [-0.25, -0.2) is 0 Å². The molecule has 68 valence electrons. The van der Waals surface area contributed by atoms with Crippen LogP contribution in [0.1, 0.15) is 18.2 Å². The van der Waals surface area contributed by atoms with Gasteiger partial charge in [-0.2, -0.15) is 0 Å². The van der Waals surface area contributed by atoms with Crippen LogP contribution in [0.5, 0.6) is 0 Å². The lowest BCUT2D eigenvalue weighted by Gasteiger charge is -2.01. The van der Waals surface area contributed by atoms with Gasteiger partial charge >= 0.3 is 0 Å². The molecule has 0 amide bonds. The molecule has 0 saturated heterocycles. The van der Waals surface area contributed by atoms with E-state index in [1.54, 1.807) is 0 Å². The molecule has 1 N–H and O–H groups in total. The minimum Gasteiger partial charge on any atom is -0.357 e. The van der Waals surface area contributed by atoms with Gasteiger partial charge in [-0.3, -0.25) is 4.79 Å². The highest BCUT2D eigenvalue weighted by Crippen LogP contribution is 2.16. The van der Waals surface area contributed by atoms with Crippen molar-refractivity contribution in [3.05, 3.63) is 32.9 Å². The lowest BCUT2D eigenvalue weighted by molar-refractivity contribution is 1.05. The number of hydrogen-bond acceptors (Lipinski definition) is 2. The van der Waals surface area contributed by atoms with E-state index >= 15 is 0 Å². The van der Waals surface area contributed by atoms with Gasteiger partial charge in [0.1, 0.15) is 0 Å². The van der Waals surface area contributed by atoms with Crippen molar-refractivity contribution in [2.24, 2.45) is 0 Å². The van der Waals surface area contributed by atoms with E-state index in [1.807, 2.05) is 25.3 Å². The second kappa shape index (κ2) is 3.00. The monoisotopic (exact) mass is 193 g/mol. The Labute approximate surface area is 80.2 Å². The van der Waals surface area contributed by atoms with Gasteiger partial charge in [0.2, 0.25) is 5.43 Å². The van der Waals surface area contributed by atoms with Crippen LogP contribution in [0.15, 0.2) is 16.2 Å². The number of thiophene rings is 1. The predicted octanol–water partition coefficient (Wildman–Crippen LogP) is 2.46. The summed E-state index contributed by atoms with van der Waals surface area (Å²) in [5, 5.41) is 1.95. The van der Waals surface area contributed by atoms with Crippen molar-refractivity contribution >= 4 is 21.6 Å². The Hall–Kier alpha value is -1.09. The molecule has 0 aliphatic heterocycles. The molecule has 0 radical (unpaired) electrons. The summed E-state index contributed by atoms with van der Waals surface area (Å²) in [4.78, 5) is 15.1. The normalized spacial score (nSPS) is 10.9. The zero-order chi connectivity index (χ0) is 9.42. The molecular weight excluding hydrogens is 182 g/mol. The van der Waals surface area contributed by atoms with Gasteiger partial charge in [-0.05, 0) is 24.8 Å². The highest BCUT2D eigenvalue weighted by atomic mass is 32.1. The Balaban J connectivity index is 2.93. The van der Waals surface area contributed by atoms with Crippen LogP contribution in [0, 0.1) is 6.92 Å². The van der Waals surface area contributed by atoms with Crippen molar-refractivity contribution in [1.82, 2.24) is 4.98 Å². The number of pyridine rings is 1. The zero-order valence-electron chi connectivity index (χ0n) is 7.68. The Morgan fingerprint density at radius 2 is 2.31 bits per heavy atom. The van der Waals surface area contributed by atoms with E-state index in [4.69, 9.17) is 0 Å². The summed E-state index contributed by atoms with van der Waals surface area (Å²) in [7, 11) is 0. The highest BCUT2D eigenvalue weighted by Gasteiger charge is 2.07. The summed E-state index contributed by atoms with van der Waals surface area (Å²) in [5.74, 6) is 0. The third-order valence-electron chi connectivity index (χ3n) is 2.27. The van der Waals surface area contributed by atoms with Crippen LogP contribution in [-0.2, 0) is 6.42 Å². The van der Waals surface area contributed by atoms with Gasteiger partial charge < -0.3 is 4.98 Å². The molecule has 0 fully saturated rings. The van der Waals surface area contributed by atoms with Crippen LogP contribution in [0.4, 0.5) is 0 Å². The Morgan fingerprint density at radius 3 is 3.00 bits per heavy atom. The molecule has 0 spiro atoms. The van der Waals surface area contributed by atoms with E-state index in [1.165, 1.54) is 11.3 Å². The minimum absolute atomic E-state index is 0.198. The largest absolute Gasteiger partial charge is 0.357 e. The Bertz CT molecular complexity index is 495. The third kappa shape index (κ3) is 1.20. The van der Waals surface area contributed by atoms with Gasteiger partial charge in [0, 0.05) is 11.3 Å². The molecule has 2 heterocycles. The second-order valence-corrected chi connectivity index (χ2v) is 3.99. The maximum absolute atomic E-state index is 11.8. The quantitative estimate of drug-likeness (QED) is 0.741. The molecule has 0 unspecified atom stereocenters. The second-order valence-electron chi connectivity index (χ2n) is 3.07. The molecule has 13 heavy (non-hydrogen) atoms. The molecule has 0 saturated carbocycles. The van der Waals surface area contributed by atoms with Crippen LogP contribution in [0.3, 0.4) is 0 Å². The molecule has 3 heteroatoms. The Morgan fingerprint density at radius 1 is 1.54 bits per heavy atom. The number of hydrogen-bond donors (Lipinski definition) is 1. The van der Waals surface area contributed by atoms with E-state index in [0.29, 0.717) is 0 Å². The summed E-state index contributed by atoms with van der Waals surface area (Å²) in [6.45, 7) is 3.97. The smallest absolute Gasteiger partial charge is 0.202 e. The maximum Gasteiger partial charge on any atom is 0.202 e. The number of nitrogens with one attached hydrogen (secondary N) is 1. The van der Waals surface area contributed by atoms with Gasteiger partial charge in [-0.15, -0.1) is 11.3 Å². The minimum atomic E-state index is 0.198. The summed E-state index contributed by atoms with van der Waals surface area (Å²) < 4.78 is 0.849. The van der Waals surface area contributed by atoms with E-state index in [0.717, 1.165) is 27.9 Å². The molecule has 2 rings (SSSR count). The van der Waals surface area contributed by atoms with Crippen LogP contribution >= 0.6 is 11.3 Å². The first-order valence-electron chi connectivity index (χ1n) is 4.33. The molecule has 0 atom stereocenters. The predicted molar refractivity (Wildman–Crippen MR) is 56.6 cm³/mol. The fourth-order valence-electron chi connectivity index (χ4n) is 1.59. The summed E-state index contributed by atoms with van der Waals surface area (Å²) >= 11 is 1.51. The van der Waals surface area contributed by atoms with Crippen molar-refractivity contribution < 1.29 is 0 Å². The van der Waals surface area contributed by atoms with Gasteiger partial charge in [0.25, 0.3) is 0 Å². The summed E-state index contributed by atoms with van der Waals surface area (Å²) in [6.07, 6.45) is 0.801. The first-order chi connectivity index (χ1) is 6.24. The van der Waals surface area contributed by atoms with Gasteiger partial charge in [0.05, 0.1) is 10.2 Å². The van der Waals surface area contributed by atoms with E-state index in [-0.39, 0.29) is 5.43 Å². The van der Waals surface area contributed by atoms with Gasteiger partial charge in [0.15, 0.2) is 0 Å².